The molecule has 0 aliphatic heterocycles. The summed E-state index contributed by atoms with van der Waals surface area (Å²) in [5.41, 5.74) is 6.77. The lowest BCUT2D eigenvalue weighted by atomic mass is 10.0. The van der Waals surface area contributed by atoms with Crippen molar-refractivity contribution in [2.45, 2.75) is 12.5 Å². The van der Waals surface area contributed by atoms with Crippen LogP contribution in [-0.4, -0.2) is 25.5 Å². The molecule has 8 nitrogen and oxygen atoms in total. The van der Waals surface area contributed by atoms with E-state index in [9.17, 15) is 31.6 Å². The van der Waals surface area contributed by atoms with E-state index in [4.69, 9.17) is 5.73 Å². The van der Waals surface area contributed by atoms with Crippen molar-refractivity contribution in [2.75, 3.05) is 5.73 Å². The van der Waals surface area contributed by atoms with E-state index in [0.717, 1.165) is 18.2 Å². The fourth-order valence-corrected chi connectivity index (χ4v) is 4.26. The summed E-state index contributed by atoms with van der Waals surface area (Å²) >= 11 is 0. The highest BCUT2D eigenvalue weighted by atomic mass is 19.4. The molecule has 0 atom stereocenters. The van der Waals surface area contributed by atoms with Crippen molar-refractivity contribution in [1.82, 2.24) is 19.1 Å². The molecule has 2 aromatic carbocycles. The zero-order valence-corrected chi connectivity index (χ0v) is 19.7. The van der Waals surface area contributed by atoms with E-state index in [1.165, 1.54) is 29.1 Å². The van der Waals surface area contributed by atoms with Crippen LogP contribution in [0.25, 0.3) is 38.8 Å². The maximum atomic E-state index is 13.4. The molecule has 0 aliphatic carbocycles. The SMILES string of the molecule is Cn1/c(=N/C#N)n(-c2ccc(OC(F)(F)F)cc2)c2c3cc(-c4cnc(N)c(C(F)(F)F)c4)ccc3ncc21. The molecule has 198 valence electrons. The quantitative estimate of drug-likeness (QED) is 0.240. The number of ether oxygens (including phenoxy) is 1. The molecular formula is C25H15F6N7O. The Morgan fingerprint density at radius 2 is 1.67 bits per heavy atom. The lowest BCUT2D eigenvalue weighted by Crippen LogP contribution is -2.23. The lowest BCUT2D eigenvalue weighted by molar-refractivity contribution is -0.274. The number of alkyl halides is 6. The Morgan fingerprint density at radius 1 is 0.949 bits per heavy atom. The molecule has 0 saturated carbocycles. The van der Waals surface area contributed by atoms with E-state index in [0.29, 0.717) is 33.2 Å². The van der Waals surface area contributed by atoms with Crippen LogP contribution >= 0.6 is 0 Å². The third-order valence-corrected chi connectivity index (χ3v) is 5.94. The highest BCUT2D eigenvalue weighted by Crippen LogP contribution is 2.36. The monoisotopic (exact) mass is 543 g/mol. The highest BCUT2D eigenvalue weighted by molar-refractivity contribution is 6.04. The summed E-state index contributed by atoms with van der Waals surface area (Å²) in [4.78, 5) is 12.0. The van der Waals surface area contributed by atoms with E-state index < -0.39 is 29.7 Å². The average molecular weight is 543 g/mol. The number of hydrogen-bond acceptors (Lipinski definition) is 6. The summed E-state index contributed by atoms with van der Waals surface area (Å²) in [5.74, 6) is -1.10. The summed E-state index contributed by atoms with van der Waals surface area (Å²) in [6.45, 7) is 0. The molecule has 3 aromatic heterocycles. The highest BCUT2D eigenvalue weighted by Gasteiger charge is 2.34. The van der Waals surface area contributed by atoms with Crippen LogP contribution in [0.15, 0.2) is 65.9 Å². The van der Waals surface area contributed by atoms with Crippen LogP contribution in [0.4, 0.5) is 32.2 Å². The summed E-state index contributed by atoms with van der Waals surface area (Å²) in [7, 11) is 1.62. The molecule has 0 saturated heterocycles. The number of hydrogen-bond donors (Lipinski definition) is 1. The van der Waals surface area contributed by atoms with E-state index in [-0.39, 0.29) is 11.2 Å². The normalized spacial score (nSPS) is 12.7. The van der Waals surface area contributed by atoms with Crippen molar-refractivity contribution < 1.29 is 31.1 Å². The van der Waals surface area contributed by atoms with Gasteiger partial charge in [0.25, 0.3) is 0 Å². The number of anilines is 1. The number of nitrogen functional groups attached to an aromatic ring is 1. The Balaban J connectivity index is 1.78. The second-order valence-corrected chi connectivity index (χ2v) is 8.33. The Labute approximate surface area is 214 Å². The van der Waals surface area contributed by atoms with Crippen LogP contribution in [0.1, 0.15) is 5.56 Å². The van der Waals surface area contributed by atoms with E-state index in [1.54, 1.807) is 36.0 Å². The van der Waals surface area contributed by atoms with Crippen molar-refractivity contribution in [1.29, 1.82) is 5.26 Å². The van der Waals surface area contributed by atoms with Crippen LogP contribution in [-0.2, 0) is 13.2 Å². The van der Waals surface area contributed by atoms with Crippen molar-refractivity contribution in [3.63, 3.8) is 0 Å². The maximum Gasteiger partial charge on any atom is 0.573 e. The number of rotatable bonds is 3. The van der Waals surface area contributed by atoms with Crippen LogP contribution < -0.4 is 16.1 Å². The fourth-order valence-electron chi connectivity index (χ4n) is 4.26. The van der Waals surface area contributed by atoms with Crippen LogP contribution in [0.2, 0.25) is 0 Å². The molecule has 5 aromatic rings. The molecule has 39 heavy (non-hydrogen) atoms. The van der Waals surface area contributed by atoms with Crippen molar-refractivity contribution in [3.05, 3.63) is 72.1 Å². The van der Waals surface area contributed by atoms with Gasteiger partial charge < -0.3 is 15.0 Å². The summed E-state index contributed by atoms with van der Waals surface area (Å²) in [5, 5.41) is 9.79. The summed E-state index contributed by atoms with van der Waals surface area (Å²) < 4.78 is 85.3. The number of aromatic nitrogens is 4. The first kappa shape index (κ1) is 25.6. The number of imidazole rings is 1. The topological polar surface area (TPSA) is 107 Å². The standard InChI is InChI=1S/C25H15F6N7O/c1-37-20-11-34-19-7-2-13(14-9-18(24(26,27)28)22(33)35-10-14)8-17(19)21(20)38(23(37)36-12-32)15-3-5-16(6-4-15)39-25(29,30)31/h2-11H,1H3,(H2,33,35)/b36-23-. The van der Waals surface area contributed by atoms with Crippen molar-refractivity contribution >= 4 is 27.8 Å². The van der Waals surface area contributed by atoms with Crippen LogP contribution in [0.3, 0.4) is 0 Å². The molecule has 0 aliphatic rings. The fraction of sp³-hybridized carbons (Fsp3) is 0.120. The van der Waals surface area contributed by atoms with Gasteiger partial charge in [0, 0.05) is 29.9 Å². The van der Waals surface area contributed by atoms with Gasteiger partial charge in [0.15, 0.2) is 0 Å². The predicted octanol–water partition coefficient (Wildman–Crippen LogP) is 5.46. The van der Waals surface area contributed by atoms with Gasteiger partial charge in [-0.3, -0.25) is 9.55 Å². The Morgan fingerprint density at radius 3 is 2.31 bits per heavy atom. The smallest absolute Gasteiger partial charge is 0.406 e. The van der Waals surface area contributed by atoms with Gasteiger partial charge in [-0.15, -0.1) is 18.2 Å². The number of nitrogens with two attached hydrogens (primary N) is 1. The Kier molecular flexibility index (Phi) is 5.94. The molecule has 2 N–H and O–H groups in total. The second kappa shape index (κ2) is 9.05. The minimum atomic E-state index is -4.88. The van der Waals surface area contributed by atoms with Crippen LogP contribution in [0.5, 0.6) is 5.75 Å². The molecule has 0 bridgehead atoms. The molecule has 0 spiro atoms. The van der Waals surface area contributed by atoms with Gasteiger partial charge in [0.2, 0.25) is 11.8 Å². The molecule has 0 amide bonds. The Hall–Kier alpha value is -5.06. The van der Waals surface area contributed by atoms with Gasteiger partial charge in [0.1, 0.15) is 11.6 Å². The molecule has 14 heteroatoms. The molecule has 3 heterocycles. The molecule has 0 unspecified atom stereocenters. The number of fused-ring (bicyclic) bond motifs is 3. The average Bonchev–Trinajstić information content (AvgIpc) is 3.15. The van der Waals surface area contributed by atoms with Crippen molar-refractivity contribution in [2.24, 2.45) is 12.0 Å². The first-order chi connectivity index (χ1) is 18.4. The summed E-state index contributed by atoms with van der Waals surface area (Å²) in [6, 6.07) is 10.6. The van der Waals surface area contributed by atoms with Gasteiger partial charge in [0.05, 0.1) is 28.3 Å². The lowest BCUT2D eigenvalue weighted by Gasteiger charge is -2.12. The number of halogens is 6. The zero-order valence-electron chi connectivity index (χ0n) is 19.7. The maximum absolute atomic E-state index is 13.4. The molecule has 5 rings (SSSR count). The predicted molar refractivity (Wildman–Crippen MR) is 128 cm³/mol. The van der Waals surface area contributed by atoms with E-state index in [2.05, 4.69) is 19.7 Å². The second-order valence-electron chi connectivity index (χ2n) is 8.33. The van der Waals surface area contributed by atoms with Gasteiger partial charge in [-0.05, 0) is 48.0 Å². The number of aryl methyl sites for hydroxylation is 1. The van der Waals surface area contributed by atoms with Gasteiger partial charge in [-0.25, -0.2) is 4.98 Å². The Bertz CT molecular complexity index is 1850. The van der Waals surface area contributed by atoms with E-state index in [1.807, 2.05) is 0 Å². The zero-order chi connectivity index (χ0) is 28.1. The van der Waals surface area contributed by atoms with Gasteiger partial charge >= 0.3 is 12.5 Å². The first-order valence-corrected chi connectivity index (χ1v) is 11.0. The third-order valence-electron chi connectivity index (χ3n) is 5.94. The third kappa shape index (κ3) is 4.70. The molecule has 0 radical (unpaired) electrons. The number of nitriles is 1. The summed E-state index contributed by atoms with van der Waals surface area (Å²) in [6.07, 6.45) is -5.14. The van der Waals surface area contributed by atoms with Crippen molar-refractivity contribution in [3.8, 4) is 28.8 Å². The van der Waals surface area contributed by atoms with E-state index >= 15 is 0 Å². The number of benzene rings is 2. The largest absolute Gasteiger partial charge is 0.573 e. The molecule has 0 fully saturated rings. The van der Waals surface area contributed by atoms with Gasteiger partial charge in [-0.1, -0.05) is 6.07 Å². The number of nitrogens with zero attached hydrogens (tertiary/aromatic N) is 6. The minimum Gasteiger partial charge on any atom is -0.406 e. The van der Waals surface area contributed by atoms with Crippen LogP contribution in [0, 0.1) is 11.5 Å². The van der Waals surface area contributed by atoms with Gasteiger partial charge in [-0.2, -0.15) is 18.4 Å². The number of pyridine rings is 2. The minimum absolute atomic E-state index is 0.130. The first-order valence-electron chi connectivity index (χ1n) is 11.0. The molecular weight excluding hydrogens is 528 g/mol.